The van der Waals surface area contributed by atoms with Crippen molar-refractivity contribution < 1.29 is 4.39 Å². The Morgan fingerprint density at radius 2 is 1.67 bits per heavy atom. The van der Waals surface area contributed by atoms with Crippen LogP contribution in [0.5, 0.6) is 0 Å². The quantitative estimate of drug-likeness (QED) is 0.716. The SMILES string of the molecule is Fc1cc(Cl)cc(Cc2ccccc2)c1. The van der Waals surface area contributed by atoms with E-state index < -0.39 is 0 Å². The number of hydrogen-bond donors (Lipinski definition) is 0. The summed E-state index contributed by atoms with van der Waals surface area (Å²) in [5, 5.41) is 0.445. The molecule has 0 fully saturated rings. The van der Waals surface area contributed by atoms with Gasteiger partial charge in [-0.15, -0.1) is 0 Å². The first-order valence-corrected chi connectivity index (χ1v) is 5.11. The Morgan fingerprint density at radius 1 is 0.933 bits per heavy atom. The van der Waals surface area contributed by atoms with E-state index in [0.29, 0.717) is 11.4 Å². The summed E-state index contributed by atoms with van der Waals surface area (Å²) in [6.45, 7) is 0. The van der Waals surface area contributed by atoms with Crippen molar-refractivity contribution in [3.8, 4) is 0 Å². The number of hydrogen-bond acceptors (Lipinski definition) is 0. The molecular weight excluding hydrogens is 211 g/mol. The van der Waals surface area contributed by atoms with Gasteiger partial charge in [0.2, 0.25) is 0 Å². The van der Waals surface area contributed by atoms with Gasteiger partial charge in [0.25, 0.3) is 0 Å². The third-order valence-corrected chi connectivity index (χ3v) is 2.39. The van der Waals surface area contributed by atoms with E-state index in [-0.39, 0.29) is 5.82 Å². The van der Waals surface area contributed by atoms with Crippen molar-refractivity contribution in [1.82, 2.24) is 0 Å². The van der Waals surface area contributed by atoms with E-state index in [2.05, 4.69) is 0 Å². The molecule has 2 rings (SSSR count). The van der Waals surface area contributed by atoms with Crippen LogP contribution in [0, 0.1) is 5.82 Å². The molecule has 2 aromatic rings. The van der Waals surface area contributed by atoms with Crippen molar-refractivity contribution in [2.75, 3.05) is 0 Å². The van der Waals surface area contributed by atoms with Gasteiger partial charge >= 0.3 is 0 Å². The molecular formula is C13H10ClF. The minimum absolute atomic E-state index is 0.284. The van der Waals surface area contributed by atoms with Crippen LogP contribution in [0.25, 0.3) is 0 Å². The summed E-state index contributed by atoms with van der Waals surface area (Å²) in [6.07, 6.45) is 0.707. The maximum Gasteiger partial charge on any atom is 0.124 e. The van der Waals surface area contributed by atoms with Gasteiger partial charge in [-0.1, -0.05) is 41.9 Å². The van der Waals surface area contributed by atoms with Crippen LogP contribution in [0.3, 0.4) is 0 Å². The molecule has 2 heteroatoms. The molecule has 0 aliphatic rings. The highest BCUT2D eigenvalue weighted by atomic mass is 35.5. The van der Waals surface area contributed by atoms with Crippen LogP contribution >= 0.6 is 11.6 Å². The second kappa shape index (κ2) is 4.45. The molecule has 0 N–H and O–H groups in total. The molecule has 0 atom stereocenters. The van der Waals surface area contributed by atoms with E-state index in [4.69, 9.17) is 11.6 Å². The van der Waals surface area contributed by atoms with Gasteiger partial charge in [0.1, 0.15) is 5.82 Å². The Bertz CT molecular complexity index is 431. The molecule has 0 aliphatic heterocycles. The van der Waals surface area contributed by atoms with Crippen molar-refractivity contribution in [2.24, 2.45) is 0 Å². The lowest BCUT2D eigenvalue weighted by molar-refractivity contribution is 0.626. The lowest BCUT2D eigenvalue weighted by Crippen LogP contribution is -1.89. The average molecular weight is 221 g/mol. The third-order valence-electron chi connectivity index (χ3n) is 2.17. The van der Waals surface area contributed by atoms with Gasteiger partial charge in [-0.2, -0.15) is 0 Å². The van der Waals surface area contributed by atoms with E-state index in [9.17, 15) is 4.39 Å². The molecule has 0 amide bonds. The molecule has 2 aromatic carbocycles. The van der Waals surface area contributed by atoms with Crippen molar-refractivity contribution >= 4 is 11.6 Å². The predicted octanol–water partition coefficient (Wildman–Crippen LogP) is 4.07. The fraction of sp³-hybridized carbons (Fsp3) is 0.0769. The summed E-state index contributed by atoms with van der Waals surface area (Å²) in [7, 11) is 0. The molecule has 76 valence electrons. The average Bonchev–Trinajstić information content (AvgIpc) is 2.17. The Balaban J connectivity index is 2.25. The van der Waals surface area contributed by atoms with Crippen molar-refractivity contribution in [2.45, 2.75) is 6.42 Å². The van der Waals surface area contributed by atoms with Crippen molar-refractivity contribution in [3.05, 3.63) is 70.5 Å². The third kappa shape index (κ3) is 2.80. The first kappa shape index (κ1) is 10.2. The van der Waals surface area contributed by atoms with E-state index in [1.807, 2.05) is 30.3 Å². The summed E-state index contributed by atoms with van der Waals surface area (Å²) < 4.78 is 13.0. The molecule has 0 saturated heterocycles. The zero-order valence-electron chi connectivity index (χ0n) is 8.08. The van der Waals surface area contributed by atoms with E-state index in [0.717, 1.165) is 11.1 Å². The molecule has 0 spiro atoms. The summed E-state index contributed by atoms with van der Waals surface area (Å²) >= 11 is 5.78. The van der Waals surface area contributed by atoms with E-state index in [1.54, 1.807) is 6.07 Å². The molecule has 0 heterocycles. The fourth-order valence-electron chi connectivity index (χ4n) is 1.54. The van der Waals surface area contributed by atoms with Crippen molar-refractivity contribution in [3.63, 3.8) is 0 Å². The Kier molecular flexibility index (Phi) is 3.02. The molecule has 0 radical (unpaired) electrons. The minimum atomic E-state index is -0.284. The molecule has 0 nitrogen and oxygen atoms in total. The molecule has 0 aromatic heterocycles. The van der Waals surface area contributed by atoms with E-state index in [1.165, 1.54) is 12.1 Å². The molecule has 0 saturated carbocycles. The predicted molar refractivity (Wildman–Crippen MR) is 60.7 cm³/mol. The normalized spacial score (nSPS) is 10.3. The van der Waals surface area contributed by atoms with Gasteiger partial charge in [0, 0.05) is 5.02 Å². The second-order valence-corrected chi connectivity index (χ2v) is 3.88. The Hall–Kier alpha value is -1.34. The minimum Gasteiger partial charge on any atom is -0.207 e. The smallest absolute Gasteiger partial charge is 0.124 e. The van der Waals surface area contributed by atoms with Gasteiger partial charge in [0.15, 0.2) is 0 Å². The van der Waals surface area contributed by atoms with Gasteiger partial charge in [-0.3, -0.25) is 0 Å². The summed E-state index contributed by atoms with van der Waals surface area (Å²) in [5.74, 6) is -0.284. The van der Waals surface area contributed by atoms with Crippen LogP contribution in [-0.4, -0.2) is 0 Å². The Morgan fingerprint density at radius 3 is 2.33 bits per heavy atom. The van der Waals surface area contributed by atoms with Gasteiger partial charge in [-0.25, -0.2) is 4.39 Å². The van der Waals surface area contributed by atoms with Crippen LogP contribution in [0.15, 0.2) is 48.5 Å². The van der Waals surface area contributed by atoms with Crippen LogP contribution in [-0.2, 0) is 6.42 Å². The topological polar surface area (TPSA) is 0 Å². The van der Waals surface area contributed by atoms with Crippen LogP contribution in [0.4, 0.5) is 4.39 Å². The first-order valence-electron chi connectivity index (χ1n) is 4.73. The summed E-state index contributed by atoms with van der Waals surface area (Å²) in [6, 6.07) is 14.5. The number of benzene rings is 2. The second-order valence-electron chi connectivity index (χ2n) is 3.44. The van der Waals surface area contributed by atoms with Crippen LogP contribution in [0.2, 0.25) is 5.02 Å². The molecule has 15 heavy (non-hydrogen) atoms. The molecule has 0 bridgehead atoms. The highest BCUT2D eigenvalue weighted by Crippen LogP contribution is 2.16. The lowest BCUT2D eigenvalue weighted by Gasteiger charge is -2.02. The van der Waals surface area contributed by atoms with Crippen LogP contribution in [0.1, 0.15) is 11.1 Å². The standard InChI is InChI=1S/C13H10ClF/c14-12-7-11(8-13(15)9-12)6-10-4-2-1-3-5-10/h1-5,7-9H,6H2. The van der Waals surface area contributed by atoms with Gasteiger partial charge in [0.05, 0.1) is 0 Å². The van der Waals surface area contributed by atoms with Crippen molar-refractivity contribution in [1.29, 1.82) is 0 Å². The largest absolute Gasteiger partial charge is 0.207 e. The Labute approximate surface area is 93.3 Å². The number of rotatable bonds is 2. The van der Waals surface area contributed by atoms with Gasteiger partial charge < -0.3 is 0 Å². The maximum atomic E-state index is 13.0. The van der Waals surface area contributed by atoms with E-state index >= 15 is 0 Å². The zero-order valence-corrected chi connectivity index (χ0v) is 8.84. The monoisotopic (exact) mass is 220 g/mol. The fourth-order valence-corrected chi connectivity index (χ4v) is 1.79. The van der Waals surface area contributed by atoms with Crippen LogP contribution < -0.4 is 0 Å². The molecule has 0 unspecified atom stereocenters. The number of halogens is 2. The van der Waals surface area contributed by atoms with Gasteiger partial charge in [-0.05, 0) is 35.7 Å². The summed E-state index contributed by atoms with van der Waals surface area (Å²) in [5.41, 5.74) is 2.05. The molecule has 0 aliphatic carbocycles. The lowest BCUT2D eigenvalue weighted by atomic mass is 10.1. The first-order chi connectivity index (χ1) is 7.24. The highest BCUT2D eigenvalue weighted by Gasteiger charge is 2.00. The zero-order chi connectivity index (χ0) is 10.7. The maximum absolute atomic E-state index is 13.0. The highest BCUT2D eigenvalue weighted by molar-refractivity contribution is 6.30. The summed E-state index contributed by atoms with van der Waals surface area (Å²) in [4.78, 5) is 0.